The minimum atomic E-state index is -0.123. The third-order valence-electron chi connectivity index (χ3n) is 5.31. The third kappa shape index (κ3) is 3.79. The summed E-state index contributed by atoms with van der Waals surface area (Å²) in [5, 5.41) is 2.83. The molecule has 0 aliphatic carbocycles. The van der Waals surface area contributed by atoms with Gasteiger partial charge in [-0.2, -0.15) is 0 Å². The second kappa shape index (κ2) is 7.78. The molecule has 1 aromatic carbocycles. The number of anilines is 2. The molecule has 2 aliphatic heterocycles. The number of carbonyl (C=O) groups excluding carboxylic acids is 2. The highest BCUT2D eigenvalue weighted by molar-refractivity contribution is 5.99. The van der Waals surface area contributed by atoms with Crippen LogP contribution in [0, 0.1) is 0 Å². The Morgan fingerprint density at radius 3 is 2.70 bits per heavy atom. The van der Waals surface area contributed by atoms with E-state index in [1.807, 2.05) is 41.3 Å². The Kier molecular flexibility index (Phi) is 5.05. The number of carbonyl (C=O) groups is 2. The number of hydrogen-bond acceptors (Lipinski definition) is 4. The van der Waals surface area contributed by atoms with Crippen LogP contribution in [0.15, 0.2) is 48.7 Å². The first-order valence-corrected chi connectivity index (χ1v) is 9.55. The fourth-order valence-electron chi connectivity index (χ4n) is 3.96. The van der Waals surface area contributed by atoms with Crippen LogP contribution in [0.5, 0.6) is 0 Å². The second-order valence-electron chi connectivity index (χ2n) is 7.08. The van der Waals surface area contributed by atoms with E-state index in [0.29, 0.717) is 19.1 Å². The summed E-state index contributed by atoms with van der Waals surface area (Å²) < 4.78 is 0. The molecule has 2 aromatic rings. The standard InChI is InChI=1S/C21H24N4O2/c26-20(23-14-16-6-3-4-12-22-16)10-11-21(27)25-15-17-7-5-13-24(17)18-8-1-2-9-19(18)25/h1-4,6,8-9,12,17H,5,7,10-11,13-15H2,(H,23,26). The van der Waals surface area contributed by atoms with Crippen LogP contribution in [0.25, 0.3) is 0 Å². The molecule has 4 rings (SSSR count). The molecule has 6 nitrogen and oxygen atoms in total. The molecule has 140 valence electrons. The maximum absolute atomic E-state index is 12.8. The smallest absolute Gasteiger partial charge is 0.227 e. The number of benzene rings is 1. The van der Waals surface area contributed by atoms with Crippen LogP contribution in [0.1, 0.15) is 31.4 Å². The van der Waals surface area contributed by atoms with Gasteiger partial charge < -0.3 is 15.1 Å². The normalized spacial score (nSPS) is 18.0. The van der Waals surface area contributed by atoms with Crippen LogP contribution in [-0.2, 0) is 16.1 Å². The average molecular weight is 364 g/mol. The zero-order valence-corrected chi connectivity index (χ0v) is 15.3. The Morgan fingerprint density at radius 1 is 1.07 bits per heavy atom. The molecular weight excluding hydrogens is 340 g/mol. The predicted octanol–water partition coefficient (Wildman–Crippen LogP) is 2.49. The van der Waals surface area contributed by atoms with Crippen LogP contribution in [0.2, 0.25) is 0 Å². The highest BCUT2D eigenvalue weighted by Crippen LogP contribution is 2.39. The molecule has 1 N–H and O–H groups in total. The lowest BCUT2D eigenvalue weighted by Gasteiger charge is -2.40. The zero-order valence-electron chi connectivity index (χ0n) is 15.3. The average Bonchev–Trinajstić information content (AvgIpc) is 3.19. The van der Waals surface area contributed by atoms with E-state index >= 15 is 0 Å². The van der Waals surface area contributed by atoms with Gasteiger partial charge in [0.1, 0.15) is 0 Å². The van der Waals surface area contributed by atoms with Crippen LogP contribution < -0.4 is 15.1 Å². The summed E-state index contributed by atoms with van der Waals surface area (Å²) in [4.78, 5) is 33.4. The van der Waals surface area contributed by atoms with Gasteiger partial charge in [0.2, 0.25) is 11.8 Å². The zero-order chi connectivity index (χ0) is 18.6. The highest BCUT2D eigenvalue weighted by Gasteiger charge is 2.35. The van der Waals surface area contributed by atoms with Gasteiger partial charge in [-0.1, -0.05) is 18.2 Å². The van der Waals surface area contributed by atoms with Gasteiger partial charge >= 0.3 is 0 Å². The first-order chi connectivity index (χ1) is 13.2. The van der Waals surface area contributed by atoms with Crippen LogP contribution in [-0.4, -0.2) is 35.9 Å². The number of rotatable bonds is 5. The predicted molar refractivity (Wildman–Crippen MR) is 104 cm³/mol. The van der Waals surface area contributed by atoms with E-state index in [4.69, 9.17) is 0 Å². The first-order valence-electron chi connectivity index (χ1n) is 9.55. The van der Waals surface area contributed by atoms with Crippen molar-refractivity contribution in [3.05, 3.63) is 54.4 Å². The molecule has 0 spiro atoms. The summed E-state index contributed by atoms with van der Waals surface area (Å²) in [5.74, 6) is -0.108. The minimum Gasteiger partial charge on any atom is -0.365 e. The van der Waals surface area contributed by atoms with Crippen molar-refractivity contribution in [2.75, 3.05) is 22.9 Å². The number of nitrogens with zero attached hydrogens (tertiary/aromatic N) is 3. The molecule has 1 unspecified atom stereocenters. The molecule has 6 heteroatoms. The molecule has 0 bridgehead atoms. The fraction of sp³-hybridized carbons (Fsp3) is 0.381. The van der Waals surface area contributed by atoms with Crippen molar-refractivity contribution in [1.82, 2.24) is 10.3 Å². The lowest BCUT2D eigenvalue weighted by Crippen LogP contribution is -2.48. The summed E-state index contributed by atoms with van der Waals surface area (Å²) in [5.41, 5.74) is 2.91. The quantitative estimate of drug-likeness (QED) is 0.885. The molecule has 3 heterocycles. The Balaban J connectivity index is 1.35. The number of hydrogen-bond donors (Lipinski definition) is 1. The van der Waals surface area contributed by atoms with E-state index in [-0.39, 0.29) is 24.7 Å². The topological polar surface area (TPSA) is 65.5 Å². The molecule has 1 aromatic heterocycles. The summed E-state index contributed by atoms with van der Waals surface area (Å²) in [6.45, 7) is 2.16. The number of nitrogens with one attached hydrogen (secondary N) is 1. The fourth-order valence-corrected chi connectivity index (χ4v) is 3.96. The van der Waals surface area contributed by atoms with Crippen molar-refractivity contribution in [2.45, 2.75) is 38.3 Å². The molecule has 1 fully saturated rings. The van der Waals surface area contributed by atoms with Crippen molar-refractivity contribution in [1.29, 1.82) is 0 Å². The lowest BCUT2D eigenvalue weighted by atomic mass is 10.1. The van der Waals surface area contributed by atoms with Gasteiger partial charge in [0.25, 0.3) is 0 Å². The van der Waals surface area contributed by atoms with Gasteiger partial charge in [0, 0.05) is 38.2 Å². The van der Waals surface area contributed by atoms with Crippen molar-refractivity contribution in [2.24, 2.45) is 0 Å². The number of para-hydroxylation sites is 2. The van der Waals surface area contributed by atoms with E-state index in [1.165, 1.54) is 0 Å². The summed E-state index contributed by atoms with van der Waals surface area (Å²) in [6.07, 6.45) is 4.39. The van der Waals surface area contributed by atoms with E-state index in [0.717, 1.165) is 36.5 Å². The van der Waals surface area contributed by atoms with Crippen molar-refractivity contribution in [3.63, 3.8) is 0 Å². The van der Waals surface area contributed by atoms with Crippen LogP contribution >= 0.6 is 0 Å². The summed E-state index contributed by atoms with van der Waals surface area (Å²) >= 11 is 0. The third-order valence-corrected chi connectivity index (χ3v) is 5.31. The van der Waals surface area contributed by atoms with E-state index in [9.17, 15) is 9.59 Å². The molecule has 0 saturated carbocycles. The largest absolute Gasteiger partial charge is 0.365 e. The molecular formula is C21H24N4O2. The minimum absolute atomic E-state index is 0.0157. The molecule has 27 heavy (non-hydrogen) atoms. The van der Waals surface area contributed by atoms with Crippen LogP contribution in [0.4, 0.5) is 11.4 Å². The number of aromatic nitrogens is 1. The van der Waals surface area contributed by atoms with Crippen molar-refractivity contribution in [3.8, 4) is 0 Å². The molecule has 1 saturated heterocycles. The number of pyridine rings is 1. The lowest BCUT2D eigenvalue weighted by molar-refractivity contribution is -0.125. The Hall–Kier alpha value is -2.89. The maximum atomic E-state index is 12.8. The molecule has 2 aliphatic rings. The van der Waals surface area contributed by atoms with Crippen molar-refractivity contribution >= 4 is 23.2 Å². The van der Waals surface area contributed by atoms with Gasteiger partial charge in [-0.05, 0) is 37.1 Å². The first kappa shape index (κ1) is 17.5. The summed E-state index contributed by atoms with van der Waals surface area (Å²) in [6, 6.07) is 14.1. The van der Waals surface area contributed by atoms with Gasteiger partial charge in [0.15, 0.2) is 0 Å². The van der Waals surface area contributed by atoms with Gasteiger partial charge in [-0.15, -0.1) is 0 Å². The number of fused-ring (bicyclic) bond motifs is 3. The Morgan fingerprint density at radius 2 is 1.89 bits per heavy atom. The molecule has 2 amide bonds. The van der Waals surface area contributed by atoms with E-state index < -0.39 is 0 Å². The van der Waals surface area contributed by atoms with Gasteiger partial charge in [-0.25, -0.2) is 0 Å². The van der Waals surface area contributed by atoms with E-state index in [2.05, 4.69) is 21.3 Å². The van der Waals surface area contributed by atoms with Gasteiger partial charge in [-0.3, -0.25) is 14.6 Å². The van der Waals surface area contributed by atoms with Crippen molar-refractivity contribution < 1.29 is 9.59 Å². The van der Waals surface area contributed by atoms with Crippen LogP contribution in [0.3, 0.4) is 0 Å². The Labute approximate surface area is 159 Å². The second-order valence-corrected chi connectivity index (χ2v) is 7.08. The number of amides is 2. The molecule has 0 radical (unpaired) electrons. The summed E-state index contributed by atoms with van der Waals surface area (Å²) in [7, 11) is 0. The maximum Gasteiger partial charge on any atom is 0.227 e. The Bertz CT molecular complexity index is 824. The SMILES string of the molecule is O=C(CCC(=O)N1CC2CCCN2c2ccccc21)NCc1ccccn1. The van der Waals surface area contributed by atoms with Gasteiger partial charge in [0.05, 0.1) is 23.6 Å². The highest BCUT2D eigenvalue weighted by atomic mass is 16.2. The van der Waals surface area contributed by atoms with E-state index in [1.54, 1.807) is 6.20 Å². The monoisotopic (exact) mass is 364 g/mol. The molecule has 1 atom stereocenters.